The van der Waals surface area contributed by atoms with Crippen LogP contribution in [0.4, 0.5) is 4.79 Å². The third-order valence-corrected chi connectivity index (χ3v) is 1.47. The largest absolute Gasteiger partial charge is 0.537 e. The van der Waals surface area contributed by atoms with E-state index < -0.39 is 11.8 Å². The Kier molecular flexibility index (Phi) is 4.66. The van der Waals surface area contributed by atoms with E-state index in [1.54, 1.807) is 13.8 Å². The van der Waals surface area contributed by atoms with E-state index in [0.717, 1.165) is 19.3 Å². The number of carbonyl (C=O) groups is 1. The van der Waals surface area contributed by atoms with Crippen LogP contribution in [0.2, 0.25) is 0 Å². The summed E-state index contributed by atoms with van der Waals surface area (Å²) in [6, 6.07) is 0. The fraction of sp³-hybridized carbons (Fsp3) is 0.875. The van der Waals surface area contributed by atoms with Crippen molar-refractivity contribution in [2.24, 2.45) is 0 Å². The Bertz CT molecular complexity index is 142. The Labute approximate surface area is 72.4 Å². The summed E-state index contributed by atoms with van der Waals surface area (Å²) in [6.45, 7) is 5.66. The van der Waals surface area contributed by atoms with Gasteiger partial charge in [0.1, 0.15) is 5.60 Å². The van der Waals surface area contributed by atoms with Crippen molar-refractivity contribution in [1.29, 1.82) is 0 Å². The van der Waals surface area contributed by atoms with Gasteiger partial charge in [-0.15, -0.1) is 0 Å². The van der Waals surface area contributed by atoms with Crippen molar-refractivity contribution < 1.29 is 19.7 Å². The van der Waals surface area contributed by atoms with Gasteiger partial charge in [0.2, 0.25) is 0 Å². The van der Waals surface area contributed by atoms with E-state index >= 15 is 0 Å². The van der Waals surface area contributed by atoms with Gasteiger partial charge in [0.25, 0.3) is 0 Å². The highest BCUT2D eigenvalue weighted by molar-refractivity contribution is 5.55. The van der Waals surface area contributed by atoms with E-state index in [-0.39, 0.29) is 0 Å². The molecule has 0 radical (unpaired) electrons. The minimum Gasteiger partial charge on any atom is -0.448 e. The van der Waals surface area contributed by atoms with E-state index in [1.807, 2.05) is 0 Å². The first-order valence-electron chi connectivity index (χ1n) is 4.06. The summed E-state index contributed by atoms with van der Waals surface area (Å²) >= 11 is 0. The first-order chi connectivity index (χ1) is 5.48. The highest BCUT2D eigenvalue weighted by Gasteiger charge is 2.21. The average Bonchev–Trinajstić information content (AvgIpc) is 1.98. The molecule has 0 saturated carbocycles. The molecule has 0 aliphatic heterocycles. The monoisotopic (exact) mass is 176 g/mol. The van der Waals surface area contributed by atoms with Crippen molar-refractivity contribution in [3.8, 4) is 0 Å². The van der Waals surface area contributed by atoms with Gasteiger partial charge >= 0.3 is 6.16 Å². The molecule has 0 aromatic carbocycles. The van der Waals surface area contributed by atoms with E-state index in [0.29, 0.717) is 0 Å². The van der Waals surface area contributed by atoms with E-state index in [1.165, 1.54) is 0 Å². The summed E-state index contributed by atoms with van der Waals surface area (Å²) in [5.41, 5.74) is -0.519. The zero-order chi connectivity index (χ0) is 9.61. The van der Waals surface area contributed by atoms with Crippen LogP contribution in [0.3, 0.4) is 0 Å². The summed E-state index contributed by atoms with van der Waals surface area (Å²) in [5.74, 6) is 0. The fourth-order valence-corrected chi connectivity index (χ4v) is 0.793. The molecule has 0 saturated heterocycles. The zero-order valence-electron chi connectivity index (χ0n) is 7.79. The highest BCUT2D eigenvalue weighted by atomic mass is 17.2. The minimum atomic E-state index is -1.40. The van der Waals surface area contributed by atoms with Gasteiger partial charge in [-0.25, -0.2) is 4.79 Å². The second-order valence-corrected chi connectivity index (χ2v) is 3.30. The van der Waals surface area contributed by atoms with Gasteiger partial charge in [-0.1, -0.05) is 19.8 Å². The quantitative estimate of drug-likeness (QED) is 0.516. The molecule has 1 N–H and O–H groups in total. The van der Waals surface area contributed by atoms with Gasteiger partial charge in [-0.05, 0) is 20.3 Å². The first-order valence-corrected chi connectivity index (χ1v) is 4.06. The molecule has 0 aromatic heterocycles. The molecule has 4 nitrogen and oxygen atoms in total. The Morgan fingerprint density at radius 3 is 2.50 bits per heavy atom. The molecule has 0 unspecified atom stereocenters. The van der Waals surface area contributed by atoms with Crippen molar-refractivity contribution in [3.63, 3.8) is 0 Å². The van der Waals surface area contributed by atoms with E-state index in [9.17, 15) is 4.79 Å². The third kappa shape index (κ3) is 5.97. The Hall–Kier alpha value is -0.770. The molecular weight excluding hydrogens is 160 g/mol. The molecule has 0 aliphatic rings. The van der Waals surface area contributed by atoms with Crippen LogP contribution >= 0.6 is 0 Å². The molecule has 0 aromatic rings. The number of hydrogen-bond acceptors (Lipinski definition) is 3. The lowest BCUT2D eigenvalue weighted by Crippen LogP contribution is -2.25. The van der Waals surface area contributed by atoms with Crippen molar-refractivity contribution in [2.75, 3.05) is 0 Å². The average molecular weight is 176 g/mol. The molecule has 0 bridgehead atoms. The molecule has 0 atom stereocenters. The molecule has 0 rings (SSSR count). The van der Waals surface area contributed by atoms with Crippen molar-refractivity contribution in [1.82, 2.24) is 0 Å². The maximum Gasteiger partial charge on any atom is 0.537 e. The maximum atomic E-state index is 9.97. The van der Waals surface area contributed by atoms with Crippen molar-refractivity contribution in [3.05, 3.63) is 0 Å². The van der Waals surface area contributed by atoms with Crippen LogP contribution in [0.25, 0.3) is 0 Å². The SMILES string of the molecule is CCCCC(C)(C)OOC(=O)O. The van der Waals surface area contributed by atoms with Crippen LogP contribution < -0.4 is 0 Å². The van der Waals surface area contributed by atoms with Crippen LogP contribution in [0.15, 0.2) is 0 Å². The number of rotatable bonds is 5. The lowest BCUT2D eigenvalue weighted by atomic mass is 10.0. The summed E-state index contributed by atoms with van der Waals surface area (Å²) in [6.07, 6.45) is 1.44. The molecule has 0 amide bonds. The molecule has 0 aliphatic carbocycles. The van der Waals surface area contributed by atoms with Gasteiger partial charge in [-0.3, -0.25) is 4.89 Å². The molecule has 0 spiro atoms. The van der Waals surface area contributed by atoms with Gasteiger partial charge in [0, 0.05) is 0 Å². The smallest absolute Gasteiger partial charge is 0.448 e. The van der Waals surface area contributed by atoms with Crippen LogP contribution in [-0.4, -0.2) is 16.9 Å². The molecule has 0 fully saturated rings. The second-order valence-electron chi connectivity index (χ2n) is 3.30. The predicted octanol–water partition coefficient (Wildman–Crippen LogP) is 2.58. The zero-order valence-corrected chi connectivity index (χ0v) is 7.79. The maximum absolute atomic E-state index is 9.97. The third-order valence-electron chi connectivity index (χ3n) is 1.47. The second kappa shape index (κ2) is 4.98. The normalized spacial score (nSPS) is 11.2. The molecule has 0 heterocycles. The molecule has 4 heteroatoms. The summed E-state index contributed by atoms with van der Waals surface area (Å²) in [4.78, 5) is 18.7. The van der Waals surface area contributed by atoms with Gasteiger partial charge in [0.15, 0.2) is 0 Å². The minimum absolute atomic E-state index is 0.519. The molecular formula is C8H16O4. The molecule has 12 heavy (non-hydrogen) atoms. The summed E-state index contributed by atoms with van der Waals surface area (Å²) in [5, 5.41) is 8.16. The van der Waals surface area contributed by atoms with Crippen molar-refractivity contribution >= 4 is 6.16 Å². The van der Waals surface area contributed by atoms with Gasteiger partial charge in [0.05, 0.1) is 0 Å². The van der Waals surface area contributed by atoms with Crippen LogP contribution in [0.1, 0.15) is 40.0 Å². The topological polar surface area (TPSA) is 55.8 Å². The van der Waals surface area contributed by atoms with Crippen LogP contribution in [0, 0.1) is 0 Å². The van der Waals surface area contributed by atoms with Crippen LogP contribution in [-0.2, 0) is 9.78 Å². The Morgan fingerprint density at radius 2 is 2.08 bits per heavy atom. The van der Waals surface area contributed by atoms with E-state index in [4.69, 9.17) is 9.99 Å². The summed E-state index contributed by atoms with van der Waals surface area (Å²) < 4.78 is 0. The standard InChI is InChI=1S/C8H16O4/c1-4-5-6-8(2,3)12-11-7(9)10/h4-6H2,1-3H3,(H,9,10). The van der Waals surface area contributed by atoms with Crippen LogP contribution in [0.5, 0.6) is 0 Å². The number of carboxylic acid groups (broad SMARTS) is 1. The van der Waals surface area contributed by atoms with Gasteiger partial charge < -0.3 is 5.11 Å². The molecule has 72 valence electrons. The lowest BCUT2D eigenvalue weighted by Gasteiger charge is -2.21. The Balaban J connectivity index is 3.63. The number of hydrogen-bond donors (Lipinski definition) is 1. The Morgan fingerprint density at radius 1 is 1.50 bits per heavy atom. The predicted molar refractivity (Wildman–Crippen MR) is 43.8 cm³/mol. The lowest BCUT2D eigenvalue weighted by molar-refractivity contribution is -0.316. The van der Waals surface area contributed by atoms with E-state index in [2.05, 4.69) is 11.8 Å². The summed E-state index contributed by atoms with van der Waals surface area (Å²) in [7, 11) is 0. The first kappa shape index (κ1) is 11.2. The van der Waals surface area contributed by atoms with Gasteiger partial charge in [-0.2, -0.15) is 4.89 Å². The fourth-order valence-electron chi connectivity index (χ4n) is 0.793. The number of unbranched alkanes of at least 4 members (excludes halogenated alkanes) is 1. The van der Waals surface area contributed by atoms with Crippen molar-refractivity contribution in [2.45, 2.75) is 45.6 Å². The highest BCUT2D eigenvalue weighted by Crippen LogP contribution is 2.17.